The molecule has 0 radical (unpaired) electrons. The Hall–Kier alpha value is -4.14. The van der Waals surface area contributed by atoms with E-state index in [1.54, 1.807) is 43.3 Å². The van der Waals surface area contributed by atoms with Crippen LogP contribution in [-0.2, 0) is 19.1 Å². The second-order valence-corrected chi connectivity index (χ2v) is 9.69. The molecule has 0 N–H and O–H groups in total. The van der Waals surface area contributed by atoms with Gasteiger partial charge in [-0.15, -0.1) is 0 Å². The van der Waals surface area contributed by atoms with Gasteiger partial charge in [-0.1, -0.05) is 54.1 Å². The first kappa shape index (κ1) is 24.2. The minimum atomic E-state index is -2.19. The van der Waals surface area contributed by atoms with Gasteiger partial charge in [-0.3, -0.25) is 19.2 Å². The predicted octanol–water partition coefficient (Wildman–Crippen LogP) is 4.21. The number of rotatable bonds is 4. The molecule has 3 atom stereocenters. The molecule has 2 fully saturated rings. The van der Waals surface area contributed by atoms with Crippen molar-refractivity contribution in [1.29, 1.82) is 0 Å². The van der Waals surface area contributed by atoms with Crippen molar-refractivity contribution in [2.75, 3.05) is 11.5 Å². The Balaban J connectivity index is 1.48. The molecule has 3 aromatic carbocycles. The Labute approximate surface area is 222 Å². The van der Waals surface area contributed by atoms with E-state index in [2.05, 4.69) is 0 Å². The fraction of sp³-hybridized carbons (Fsp3) is 0.207. The van der Waals surface area contributed by atoms with Crippen molar-refractivity contribution in [2.24, 2.45) is 11.8 Å². The summed E-state index contributed by atoms with van der Waals surface area (Å²) >= 11 is 6.46. The lowest BCUT2D eigenvalue weighted by Gasteiger charge is -2.27. The molecular formula is C29H20ClNO7. The minimum Gasteiger partial charge on any atom is -0.462 e. The highest BCUT2D eigenvalue weighted by atomic mass is 35.5. The van der Waals surface area contributed by atoms with Crippen LogP contribution in [0.1, 0.15) is 49.7 Å². The van der Waals surface area contributed by atoms with E-state index in [0.717, 1.165) is 4.90 Å². The van der Waals surface area contributed by atoms with Gasteiger partial charge in [0, 0.05) is 21.7 Å². The Morgan fingerprint density at radius 3 is 2.11 bits per heavy atom. The number of halogens is 1. The van der Waals surface area contributed by atoms with E-state index < -0.39 is 52.9 Å². The van der Waals surface area contributed by atoms with Crippen LogP contribution < -0.4 is 4.90 Å². The van der Waals surface area contributed by atoms with Crippen LogP contribution in [0.15, 0.2) is 72.8 Å². The summed E-state index contributed by atoms with van der Waals surface area (Å²) in [6.45, 7) is 1.88. The van der Waals surface area contributed by atoms with Gasteiger partial charge in [0.05, 0.1) is 35.8 Å². The van der Waals surface area contributed by atoms with Crippen LogP contribution in [-0.4, -0.2) is 41.6 Å². The number of esters is 1. The summed E-state index contributed by atoms with van der Waals surface area (Å²) in [4.78, 5) is 68.5. The van der Waals surface area contributed by atoms with Gasteiger partial charge in [0.25, 0.3) is 0 Å². The lowest BCUT2D eigenvalue weighted by atomic mass is 9.77. The number of nitrogens with zero attached hydrogens (tertiary/aromatic N) is 1. The standard InChI is InChI=1S/C29H20ClNO7/c1-2-37-28(36)15-11-13-16(14-12-15)31-26(34)21-22(27(31)35)29(38-23(21)19-9-5-6-10-20(19)30)24(32)17-7-3-4-8-18(17)25(29)33/h3-14,21-23H,2H2,1H3/t21-,22+,23+/m1/s1. The van der Waals surface area contributed by atoms with E-state index in [1.165, 1.54) is 36.4 Å². The molecule has 2 saturated heterocycles. The molecule has 0 bridgehead atoms. The molecule has 3 aliphatic rings. The second kappa shape index (κ2) is 8.72. The average molecular weight is 530 g/mol. The van der Waals surface area contributed by atoms with Crippen molar-refractivity contribution < 1.29 is 33.4 Å². The number of ether oxygens (including phenoxy) is 2. The summed E-state index contributed by atoms with van der Waals surface area (Å²) in [6.07, 6.45) is -1.11. The van der Waals surface area contributed by atoms with Crippen molar-refractivity contribution in [3.63, 3.8) is 0 Å². The number of carbonyl (C=O) groups excluding carboxylic acids is 5. The molecule has 8 nitrogen and oxygen atoms in total. The molecule has 0 saturated carbocycles. The average Bonchev–Trinajstić information content (AvgIpc) is 3.49. The number of anilines is 1. The molecular weight excluding hydrogens is 510 g/mol. The van der Waals surface area contributed by atoms with Gasteiger partial charge in [0.1, 0.15) is 0 Å². The zero-order valence-electron chi connectivity index (χ0n) is 20.1. The molecule has 1 spiro atoms. The largest absolute Gasteiger partial charge is 0.462 e. The monoisotopic (exact) mass is 529 g/mol. The molecule has 2 amide bonds. The number of Topliss-reactive ketones (excluding diaryl/α,β-unsaturated/α-hetero) is 2. The van der Waals surface area contributed by atoms with Crippen molar-refractivity contribution in [1.82, 2.24) is 0 Å². The molecule has 6 rings (SSSR count). The van der Waals surface area contributed by atoms with Crippen LogP contribution in [0.25, 0.3) is 0 Å². The number of fused-ring (bicyclic) bond motifs is 3. The van der Waals surface area contributed by atoms with Crippen molar-refractivity contribution in [2.45, 2.75) is 18.6 Å². The third kappa shape index (κ3) is 3.17. The molecule has 1 aliphatic carbocycles. The van der Waals surface area contributed by atoms with Crippen LogP contribution in [0.4, 0.5) is 5.69 Å². The van der Waals surface area contributed by atoms with Gasteiger partial charge in [-0.05, 0) is 37.3 Å². The third-order valence-corrected chi connectivity index (χ3v) is 7.71. The summed E-state index contributed by atoms with van der Waals surface area (Å²) in [6, 6.07) is 18.7. The number of hydrogen-bond donors (Lipinski definition) is 0. The van der Waals surface area contributed by atoms with E-state index >= 15 is 0 Å². The molecule has 2 aliphatic heterocycles. The van der Waals surface area contributed by atoms with Gasteiger partial charge >= 0.3 is 5.97 Å². The summed E-state index contributed by atoms with van der Waals surface area (Å²) < 4.78 is 11.2. The fourth-order valence-corrected chi connectivity index (χ4v) is 5.96. The molecule has 190 valence electrons. The zero-order chi connectivity index (χ0) is 26.8. The van der Waals surface area contributed by atoms with Gasteiger partial charge in [0.15, 0.2) is 0 Å². The smallest absolute Gasteiger partial charge is 0.338 e. The van der Waals surface area contributed by atoms with Crippen LogP contribution in [0.5, 0.6) is 0 Å². The van der Waals surface area contributed by atoms with E-state index in [-0.39, 0.29) is 34.0 Å². The minimum absolute atomic E-state index is 0.147. The van der Waals surface area contributed by atoms with Gasteiger partial charge in [0.2, 0.25) is 29.0 Å². The maximum absolute atomic E-state index is 14.0. The second-order valence-electron chi connectivity index (χ2n) is 9.28. The molecule has 38 heavy (non-hydrogen) atoms. The normalized spacial score (nSPS) is 23.2. The highest BCUT2D eigenvalue weighted by molar-refractivity contribution is 6.37. The first-order chi connectivity index (χ1) is 18.3. The number of imide groups is 1. The van der Waals surface area contributed by atoms with Gasteiger partial charge < -0.3 is 9.47 Å². The van der Waals surface area contributed by atoms with Gasteiger partial charge in [-0.25, -0.2) is 9.69 Å². The fourth-order valence-electron chi connectivity index (χ4n) is 5.72. The molecule has 3 aromatic rings. The highest BCUT2D eigenvalue weighted by Gasteiger charge is 2.74. The Bertz CT molecular complexity index is 1510. The first-order valence-corrected chi connectivity index (χ1v) is 12.4. The zero-order valence-corrected chi connectivity index (χ0v) is 20.8. The molecule has 2 heterocycles. The van der Waals surface area contributed by atoms with Crippen molar-refractivity contribution in [3.05, 3.63) is 100 Å². The lowest BCUT2D eigenvalue weighted by Crippen LogP contribution is -2.51. The van der Waals surface area contributed by atoms with Crippen molar-refractivity contribution >= 4 is 46.6 Å². The summed E-state index contributed by atoms with van der Waals surface area (Å²) in [5, 5.41) is 0.279. The summed E-state index contributed by atoms with van der Waals surface area (Å²) in [5.74, 6) is -5.76. The topological polar surface area (TPSA) is 107 Å². The van der Waals surface area contributed by atoms with Crippen molar-refractivity contribution in [3.8, 4) is 0 Å². The lowest BCUT2D eigenvalue weighted by molar-refractivity contribution is -0.127. The van der Waals surface area contributed by atoms with E-state index in [9.17, 15) is 24.0 Å². The Kier molecular flexibility index (Phi) is 5.55. The number of ketones is 2. The third-order valence-electron chi connectivity index (χ3n) is 7.37. The molecule has 0 unspecified atom stereocenters. The maximum Gasteiger partial charge on any atom is 0.338 e. The Morgan fingerprint density at radius 1 is 0.895 bits per heavy atom. The maximum atomic E-state index is 14.0. The number of hydrogen-bond acceptors (Lipinski definition) is 7. The molecule has 9 heteroatoms. The van der Waals surface area contributed by atoms with Crippen LogP contribution in [0.2, 0.25) is 5.02 Å². The van der Waals surface area contributed by atoms with Crippen LogP contribution in [0, 0.1) is 11.8 Å². The number of carbonyl (C=O) groups is 5. The van der Waals surface area contributed by atoms with E-state index in [1.807, 2.05) is 0 Å². The first-order valence-electron chi connectivity index (χ1n) is 12.1. The van der Waals surface area contributed by atoms with E-state index in [4.69, 9.17) is 21.1 Å². The predicted molar refractivity (Wildman–Crippen MR) is 135 cm³/mol. The SMILES string of the molecule is CCOC(=O)c1ccc(N2C(=O)[C@@H]3[C@@H](C2=O)C2(O[C@H]3c3ccccc3Cl)C(=O)c3ccccc3C2=O)cc1. The number of benzene rings is 3. The Morgan fingerprint density at radius 2 is 1.50 bits per heavy atom. The molecule has 0 aromatic heterocycles. The highest BCUT2D eigenvalue weighted by Crippen LogP contribution is 2.58. The summed E-state index contributed by atoms with van der Waals surface area (Å²) in [5.41, 5.74) is -1.05. The quantitative estimate of drug-likeness (QED) is 0.283. The van der Waals surface area contributed by atoms with E-state index in [0.29, 0.717) is 5.56 Å². The number of amides is 2. The van der Waals surface area contributed by atoms with Gasteiger partial charge in [-0.2, -0.15) is 0 Å². The van der Waals surface area contributed by atoms with Crippen LogP contribution >= 0.6 is 11.6 Å². The summed E-state index contributed by atoms with van der Waals surface area (Å²) in [7, 11) is 0. The van der Waals surface area contributed by atoms with Crippen LogP contribution in [0.3, 0.4) is 0 Å².